The Morgan fingerprint density at radius 3 is 3.00 bits per heavy atom. The molecule has 1 aliphatic heterocycles. The molecule has 1 saturated carbocycles. The number of piperidine rings is 1. The maximum atomic E-state index is 12.6. The molecule has 1 aliphatic carbocycles. The second kappa shape index (κ2) is 7.86. The largest absolute Gasteiger partial charge is 0.372 e. The van der Waals surface area contributed by atoms with Crippen LogP contribution in [0.2, 0.25) is 0 Å². The standard InChI is InChI=1S/C19H25N5O2/c25-19(22-18-7-9-21-24(18)12-15-5-6-15)23-10-2-4-17(13-23)26-14-16-3-1-8-20-11-16/h1,3,7-9,11,15,17H,2,4-6,10,12-14H2,(H,22,25). The van der Waals surface area contributed by atoms with Crippen molar-refractivity contribution in [2.75, 3.05) is 18.4 Å². The number of aromatic nitrogens is 3. The first-order valence-electron chi connectivity index (χ1n) is 9.36. The zero-order valence-electron chi connectivity index (χ0n) is 14.9. The van der Waals surface area contributed by atoms with E-state index in [4.69, 9.17) is 4.74 Å². The SMILES string of the molecule is O=C(Nc1ccnn1CC1CC1)N1CCCC(OCc2cccnc2)C1. The third-order valence-corrected chi connectivity index (χ3v) is 4.95. The maximum Gasteiger partial charge on any atom is 0.323 e. The number of urea groups is 1. The number of hydrogen-bond donors (Lipinski definition) is 1. The van der Waals surface area contributed by atoms with Crippen LogP contribution in [0, 0.1) is 5.92 Å². The first-order chi connectivity index (χ1) is 12.8. The van der Waals surface area contributed by atoms with E-state index in [9.17, 15) is 4.79 Å². The van der Waals surface area contributed by atoms with Gasteiger partial charge in [-0.25, -0.2) is 9.48 Å². The number of rotatable bonds is 6. The molecule has 2 aromatic heterocycles. The Morgan fingerprint density at radius 1 is 1.27 bits per heavy atom. The second-order valence-corrected chi connectivity index (χ2v) is 7.15. The summed E-state index contributed by atoms with van der Waals surface area (Å²) in [7, 11) is 0. The molecular formula is C19H25N5O2. The molecule has 138 valence electrons. The van der Waals surface area contributed by atoms with Gasteiger partial charge in [-0.15, -0.1) is 0 Å². The summed E-state index contributed by atoms with van der Waals surface area (Å²) in [6.45, 7) is 2.79. The maximum absolute atomic E-state index is 12.6. The summed E-state index contributed by atoms with van der Waals surface area (Å²) >= 11 is 0. The number of nitrogens with zero attached hydrogens (tertiary/aromatic N) is 4. The molecular weight excluding hydrogens is 330 g/mol. The van der Waals surface area contributed by atoms with Gasteiger partial charge in [0.05, 0.1) is 18.9 Å². The highest BCUT2D eigenvalue weighted by molar-refractivity contribution is 5.88. The van der Waals surface area contributed by atoms with Crippen molar-refractivity contribution < 1.29 is 9.53 Å². The number of anilines is 1. The average molecular weight is 355 g/mol. The molecule has 0 aromatic carbocycles. The quantitative estimate of drug-likeness (QED) is 0.865. The molecule has 7 nitrogen and oxygen atoms in total. The zero-order valence-corrected chi connectivity index (χ0v) is 14.9. The number of nitrogens with one attached hydrogen (secondary N) is 1. The van der Waals surface area contributed by atoms with Crippen LogP contribution in [0.4, 0.5) is 10.6 Å². The highest BCUT2D eigenvalue weighted by atomic mass is 16.5. The predicted octanol–water partition coefficient (Wildman–Crippen LogP) is 2.90. The van der Waals surface area contributed by atoms with Gasteiger partial charge in [-0.05, 0) is 43.2 Å². The molecule has 2 amide bonds. The lowest BCUT2D eigenvalue weighted by atomic mass is 10.1. The minimum atomic E-state index is -0.0720. The lowest BCUT2D eigenvalue weighted by Crippen LogP contribution is -2.45. The summed E-state index contributed by atoms with van der Waals surface area (Å²) in [5.74, 6) is 1.49. The van der Waals surface area contributed by atoms with Gasteiger partial charge in [0.15, 0.2) is 0 Å². The summed E-state index contributed by atoms with van der Waals surface area (Å²) in [5, 5.41) is 7.33. The van der Waals surface area contributed by atoms with Crippen LogP contribution in [0.1, 0.15) is 31.2 Å². The van der Waals surface area contributed by atoms with Gasteiger partial charge in [-0.1, -0.05) is 6.07 Å². The van der Waals surface area contributed by atoms with Crippen molar-refractivity contribution in [3.8, 4) is 0 Å². The highest BCUT2D eigenvalue weighted by Gasteiger charge is 2.26. The van der Waals surface area contributed by atoms with Crippen molar-refractivity contribution in [3.05, 3.63) is 42.4 Å². The Kier molecular flexibility index (Phi) is 5.15. The average Bonchev–Trinajstić information content (AvgIpc) is 3.40. The number of ether oxygens (including phenoxy) is 1. The monoisotopic (exact) mass is 355 g/mol. The fourth-order valence-corrected chi connectivity index (χ4v) is 3.27. The molecule has 0 radical (unpaired) electrons. The van der Waals surface area contributed by atoms with Crippen molar-refractivity contribution in [2.24, 2.45) is 5.92 Å². The van der Waals surface area contributed by atoms with Crippen molar-refractivity contribution in [3.63, 3.8) is 0 Å². The Bertz CT molecular complexity index is 729. The van der Waals surface area contributed by atoms with E-state index in [0.29, 0.717) is 19.1 Å². The van der Waals surface area contributed by atoms with Crippen LogP contribution in [-0.2, 0) is 17.9 Å². The van der Waals surface area contributed by atoms with Crippen LogP contribution in [0.15, 0.2) is 36.8 Å². The Hall–Kier alpha value is -2.41. The number of carbonyl (C=O) groups excluding carboxylic acids is 1. The summed E-state index contributed by atoms with van der Waals surface area (Å²) in [4.78, 5) is 18.6. The third-order valence-electron chi connectivity index (χ3n) is 4.95. The van der Waals surface area contributed by atoms with Crippen LogP contribution >= 0.6 is 0 Å². The van der Waals surface area contributed by atoms with Crippen LogP contribution in [0.5, 0.6) is 0 Å². The lowest BCUT2D eigenvalue weighted by Gasteiger charge is -2.32. The minimum absolute atomic E-state index is 0.0612. The van der Waals surface area contributed by atoms with E-state index < -0.39 is 0 Å². The molecule has 26 heavy (non-hydrogen) atoms. The van der Waals surface area contributed by atoms with E-state index in [1.165, 1.54) is 12.8 Å². The summed E-state index contributed by atoms with van der Waals surface area (Å²) in [6.07, 6.45) is 9.82. The van der Waals surface area contributed by atoms with Gasteiger partial charge < -0.3 is 9.64 Å². The van der Waals surface area contributed by atoms with Gasteiger partial charge in [0.25, 0.3) is 0 Å². The number of hydrogen-bond acceptors (Lipinski definition) is 4. The lowest BCUT2D eigenvalue weighted by molar-refractivity contribution is 0.000900. The summed E-state index contributed by atoms with van der Waals surface area (Å²) in [6, 6.07) is 5.70. The predicted molar refractivity (Wildman–Crippen MR) is 97.6 cm³/mol. The minimum Gasteiger partial charge on any atom is -0.372 e. The first-order valence-corrected chi connectivity index (χ1v) is 9.36. The summed E-state index contributed by atoms with van der Waals surface area (Å²) in [5.41, 5.74) is 1.05. The molecule has 2 aromatic rings. The zero-order chi connectivity index (χ0) is 17.8. The molecule has 1 atom stereocenters. The van der Waals surface area contributed by atoms with Gasteiger partial charge in [0.2, 0.25) is 0 Å². The van der Waals surface area contributed by atoms with E-state index in [0.717, 1.165) is 37.3 Å². The number of pyridine rings is 1. The van der Waals surface area contributed by atoms with Gasteiger partial charge in [0, 0.05) is 38.1 Å². The van der Waals surface area contributed by atoms with E-state index >= 15 is 0 Å². The molecule has 2 aliphatic rings. The molecule has 1 saturated heterocycles. The number of carbonyl (C=O) groups is 1. The van der Waals surface area contributed by atoms with Crippen LogP contribution in [0.25, 0.3) is 0 Å². The molecule has 1 unspecified atom stereocenters. The van der Waals surface area contributed by atoms with Crippen molar-refractivity contribution >= 4 is 11.8 Å². The van der Waals surface area contributed by atoms with Crippen LogP contribution < -0.4 is 5.32 Å². The fraction of sp³-hybridized carbons (Fsp3) is 0.526. The molecule has 0 bridgehead atoms. The normalized spacial score (nSPS) is 20.2. The molecule has 0 spiro atoms. The van der Waals surface area contributed by atoms with Crippen LogP contribution in [0.3, 0.4) is 0 Å². The summed E-state index contributed by atoms with van der Waals surface area (Å²) < 4.78 is 7.89. The number of likely N-dealkylation sites (tertiary alicyclic amines) is 1. The second-order valence-electron chi connectivity index (χ2n) is 7.15. The van der Waals surface area contributed by atoms with Gasteiger partial charge in [-0.2, -0.15) is 5.10 Å². The highest BCUT2D eigenvalue weighted by Crippen LogP contribution is 2.31. The van der Waals surface area contributed by atoms with E-state index in [1.54, 1.807) is 12.4 Å². The van der Waals surface area contributed by atoms with E-state index in [1.807, 2.05) is 34.0 Å². The van der Waals surface area contributed by atoms with E-state index in [2.05, 4.69) is 15.4 Å². The van der Waals surface area contributed by atoms with Gasteiger partial charge in [0.1, 0.15) is 5.82 Å². The Morgan fingerprint density at radius 2 is 2.19 bits per heavy atom. The van der Waals surface area contributed by atoms with Gasteiger partial charge in [-0.3, -0.25) is 10.3 Å². The Labute approximate surface area is 153 Å². The Balaban J connectivity index is 1.29. The fourth-order valence-electron chi connectivity index (χ4n) is 3.27. The van der Waals surface area contributed by atoms with Crippen molar-refractivity contribution in [1.82, 2.24) is 19.7 Å². The number of amides is 2. The molecule has 2 fully saturated rings. The molecule has 4 rings (SSSR count). The topological polar surface area (TPSA) is 72.3 Å². The van der Waals surface area contributed by atoms with E-state index in [-0.39, 0.29) is 12.1 Å². The smallest absolute Gasteiger partial charge is 0.323 e. The molecule has 3 heterocycles. The van der Waals surface area contributed by atoms with Crippen LogP contribution in [-0.4, -0.2) is 44.9 Å². The molecule has 7 heteroatoms. The van der Waals surface area contributed by atoms with Gasteiger partial charge >= 0.3 is 6.03 Å². The molecule has 1 N–H and O–H groups in total. The third kappa shape index (κ3) is 4.40. The first kappa shape index (κ1) is 17.0. The van der Waals surface area contributed by atoms with Crippen molar-refractivity contribution in [2.45, 2.75) is 44.9 Å². The van der Waals surface area contributed by atoms with Crippen molar-refractivity contribution in [1.29, 1.82) is 0 Å².